The first kappa shape index (κ1) is 14.8. The molecule has 0 radical (unpaired) electrons. The number of benzene rings is 2. The zero-order valence-electron chi connectivity index (χ0n) is 11.0. The number of hydrogen-bond donors (Lipinski definition) is 2. The van der Waals surface area contributed by atoms with Crippen LogP contribution in [-0.2, 0) is 0 Å². The summed E-state index contributed by atoms with van der Waals surface area (Å²) in [5.41, 5.74) is 1.78. The lowest BCUT2D eigenvalue weighted by molar-refractivity contribution is 0.342. The van der Waals surface area contributed by atoms with E-state index in [1.165, 1.54) is 0 Å². The first-order chi connectivity index (χ1) is 9.69. The van der Waals surface area contributed by atoms with E-state index in [9.17, 15) is 0 Å². The molecule has 0 aliphatic heterocycles. The average Bonchev–Trinajstić information content (AvgIpc) is 2.44. The van der Waals surface area contributed by atoms with Gasteiger partial charge in [0.1, 0.15) is 5.75 Å². The van der Waals surface area contributed by atoms with Gasteiger partial charge in [0.05, 0.1) is 12.3 Å². The van der Waals surface area contributed by atoms with Crippen LogP contribution in [0.4, 0.5) is 11.4 Å². The van der Waals surface area contributed by atoms with Crippen molar-refractivity contribution in [1.82, 2.24) is 0 Å². The molecule has 0 aliphatic rings. The number of halogens is 1. The van der Waals surface area contributed by atoms with Gasteiger partial charge in [-0.25, -0.2) is 0 Å². The molecule has 0 unspecified atom stereocenters. The van der Waals surface area contributed by atoms with Crippen molar-refractivity contribution in [3.05, 3.63) is 53.0 Å². The highest BCUT2D eigenvalue weighted by molar-refractivity contribution is 9.10. The summed E-state index contributed by atoms with van der Waals surface area (Å²) >= 11 is 8.70. The highest BCUT2D eigenvalue weighted by Gasteiger charge is 2.04. The Kier molecular flexibility index (Phi) is 5.38. The van der Waals surface area contributed by atoms with Crippen molar-refractivity contribution in [1.29, 1.82) is 0 Å². The molecule has 3 nitrogen and oxygen atoms in total. The Hall–Kier alpha value is -1.59. The van der Waals surface area contributed by atoms with E-state index in [1.807, 2.05) is 55.5 Å². The maximum absolute atomic E-state index is 5.55. The fraction of sp³-hybridized carbons (Fsp3) is 0.133. The van der Waals surface area contributed by atoms with E-state index in [2.05, 4.69) is 26.6 Å². The van der Waals surface area contributed by atoms with E-state index in [4.69, 9.17) is 17.0 Å². The van der Waals surface area contributed by atoms with Gasteiger partial charge < -0.3 is 15.4 Å². The van der Waals surface area contributed by atoms with Gasteiger partial charge in [-0.05, 0) is 55.5 Å². The van der Waals surface area contributed by atoms with Crippen molar-refractivity contribution in [2.45, 2.75) is 6.92 Å². The van der Waals surface area contributed by atoms with Crippen LogP contribution in [0.1, 0.15) is 6.92 Å². The van der Waals surface area contributed by atoms with Crippen molar-refractivity contribution in [3.8, 4) is 5.75 Å². The lowest BCUT2D eigenvalue weighted by Crippen LogP contribution is -2.19. The van der Waals surface area contributed by atoms with E-state index in [1.54, 1.807) is 0 Å². The van der Waals surface area contributed by atoms with Crippen LogP contribution >= 0.6 is 28.1 Å². The first-order valence-electron chi connectivity index (χ1n) is 6.24. The quantitative estimate of drug-likeness (QED) is 0.785. The van der Waals surface area contributed by atoms with Gasteiger partial charge in [0.25, 0.3) is 0 Å². The van der Waals surface area contributed by atoms with Gasteiger partial charge in [-0.1, -0.05) is 28.1 Å². The molecule has 5 heteroatoms. The summed E-state index contributed by atoms with van der Waals surface area (Å²) in [5.74, 6) is 0.787. The van der Waals surface area contributed by atoms with Crippen LogP contribution in [0, 0.1) is 0 Å². The third kappa shape index (κ3) is 4.21. The number of thiocarbonyl (C=S) groups is 1. The summed E-state index contributed by atoms with van der Waals surface area (Å²) in [4.78, 5) is 0. The second kappa shape index (κ2) is 7.26. The van der Waals surface area contributed by atoms with Crippen LogP contribution in [0.3, 0.4) is 0 Å². The van der Waals surface area contributed by atoms with E-state index in [0.29, 0.717) is 11.7 Å². The summed E-state index contributed by atoms with van der Waals surface area (Å²) in [7, 11) is 0. The lowest BCUT2D eigenvalue weighted by atomic mass is 10.3. The molecule has 2 aromatic rings. The molecule has 0 amide bonds. The van der Waals surface area contributed by atoms with Crippen LogP contribution in [0.15, 0.2) is 53.0 Å². The third-order valence-corrected chi connectivity index (χ3v) is 3.27. The van der Waals surface area contributed by atoms with Gasteiger partial charge in [-0.15, -0.1) is 0 Å². The molecular formula is C15H15BrN2OS. The Morgan fingerprint density at radius 2 is 1.80 bits per heavy atom. The summed E-state index contributed by atoms with van der Waals surface area (Å²) in [5, 5.41) is 6.80. The minimum atomic E-state index is 0.527. The molecule has 0 aromatic heterocycles. The molecule has 0 aliphatic carbocycles. The van der Waals surface area contributed by atoms with Crippen molar-refractivity contribution in [2.24, 2.45) is 0 Å². The molecule has 0 spiro atoms. The van der Waals surface area contributed by atoms with Crippen LogP contribution in [0.2, 0.25) is 0 Å². The molecule has 0 fully saturated rings. The first-order valence-corrected chi connectivity index (χ1v) is 7.44. The number of ether oxygens (including phenoxy) is 1. The zero-order valence-corrected chi connectivity index (χ0v) is 13.4. The maximum Gasteiger partial charge on any atom is 0.175 e. The molecule has 2 aromatic carbocycles. The number of hydrogen-bond acceptors (Lipinski definition) is 2. The maximum atomic E-state index is 5.55. The average molecular weight is 351 g/mol. The Labute approximate surface area is 132 Å². The van der Waals surface area contributed by atoms with E-state index in [0.717, 1.165) is 21.6 Å². The van der Waals surface area contributed by atoms with Gasteiger partial charge in [0.15, 0.2) is 5.11 Å². The largest absolute Gasteiger partial charge is 0.492 e. The minimum absolute atomic E-state index is 0.527. The molecule has 0 bridgehead atoms. The molecule has 0 saturated heterocycles. The van der Waals surface area contributed by atoms with Gasteiger partial charge >= 0.3 is 0 Å². The monoisotopic (exact) mass is 350 g/mol. The fourth-order valence-electron chi connectivity index (χ4n) is 1.67. The van der Waals surface area contributed by atoms with E-state index < -0.39 is 0 Å². The Bertz CT molecular complexity index is 587. The standard InChI is InChI=1S/C15H15BrN2OS/c1-2-19-14-6-4-3-5-13(14)18-15(20)17-12-9-7-11(16)8-10-12/h3-10H,2H2,1H3,(H2,17,18,20). The van der Waals surface area contributed by atoms with Crippen LogP contribution in [-0.4, -0.2) is 11.7 Å². The molecule has 0 atom stereocenters. The second-order valence-corrected chi connectivity index (χ2v) is 5.34. The predicted molar refractivity (Wildman–Crippen MR) is 91.6 cm³/mol. The minimum Gasteiger partial charge on any atom is -0.492 e. The summed E-state index contributed by atoms with van der Waals surface area (Å²) in [6.07, 6.45) is 0. The van der Waals surface area contributed by atoms with E-state index >= 15 is 0 Å². The van der Waals surface area contributed by atoms with Crippen molar-refractivity contribution in [3.63, 3.8) is 0 Å². The Morgan fingerprint density at radius 3 is 2.50 bits per heavy atom. The topological polar surface area (TPSA) is 33.3 Å². The number of nitrogens with one attached hydrogen (secondary N) is 2. The SMILES string of the molecule is CCOc1ccccc1NC(=S)Nc1ccc(Br)cc1. The van der Waals surface area contributed by atoms with Crippen molar-refractivity contribution < 1.29 is 4.74 Å². The summed E-state index contributed by atoms with van der Waals surface area (Å²) in [6.45, 7) is 2.57. The summed E-state index contributed by atoms with van der Waals surface area (Å²) in [6, 6.07) is 15.5. The van der Waals surface area contributed by atoms with Gasteiger partial charge in [0.2, 0.25) is 0 Å². The second-order valence-electron chi connectivity index (χ2n) is 4.02. The number of anilines is 2. The number of para-hydroxylation sites is 2. The normalized spacial score (nSPS) is 9.90. The van der Waals surface area contributed by atoms with Gasteiger partial charge in [-0.3, -0.25) is 0 Å². The fourth-order valence-corrected chi connectivity index (χ4v) is 2.16. The molecular weight excluding hydrogens is 336 g/mol. The molecule has 20 heavy (non-hydrogen) atoms. The van der Waals surface area contributed by atoms with Crippen molar-refractivity contribution >= 4 is 44.6 Å². The molecule has 104 valence electrons. The molecule has 0 saturated carbocycles. The molecule has 2 N–H and O–H groups in total. The van der Waals surface area contributed by atoms with Crippen LogP contribution in [0.25, 0.3) is 0 Å². The van der Waals surface area contributed by atoms with Crippen LogP contribution in [0.5, 0.6) is 5.75 Å². The lowest BCUT2D eigenvalue weighted by Gasteiger charge is -2.14. The molecule has 0 heterocycles. The smallest absolute Gasteiger partial charge is 0.175 e. The number of rotatable bonds is 4. The van der Waals surface area contributed by atoms with Crippen molar-refractivity contribution in [2.75, 3.05) is 17.2 Å². The van der Waals surface area contributed by atoms with Gasteiger partial charge in [-0.2, -0.15) is 0 Å². The Morgan fingerprint density at radius 1 is 1.10 bits per heavy atom. The Balaban J connectivity index is 2.02. The van der Waals surface area contributed by atoms with Gasteiger partial charge in [0, 0.05) is 10.2 Å². The third-order valence-electron chi connectivity index (χ3n) is 2.54. The van der Waals surface area contributed by atoms with E-state index in [-0.39, 0.29) is 0 Å². The highest BCUT2D eigenvalue weighted by Crippen LogP contribution is 2.24. The molecule has 2 rings (SSSR count). The predicted octanol–water partition coefficient (Wildman–Crippen LogP) is 4.66. The zero-order chi connectivity index (χ0) is 14.4. The summed E-state index contributed by atoms with van der Waals surface area (Å²) < 4.78 is 6.58. The van der Waals surface area contributed by atoms with Crippen LogP contribution < -0.4 is 15.4 Å². The highest BCUT2D eigenvalue weighted by atomic mass is 79.9.